The van der Waals surface area contributed by atoms with Crippen molar-refractivity contribution in [2.24, 2.45) is 0 Å². The number of sulfonamides is 1. The summed E-state index contributed by atoms with van der Waals surface area (Å²) in [6.07, 6.45) is 2.44. The van der Waals surface area contributed by atoms with E-state index in [4.69, 9.17) is 22.1 Å². The van der Waals surface area contributed by atoms with Gasteiger partial charge in [0, 0.05) is 18.8 Å². The van der Waals surface area contributed by atoms with Crippen LogP contribution in [0.5, 0.6) is 0 Å². The number of rotatable bonds is 10. The van der Waals surface area contributed by atoms with Crippen molar-refractivity contribution in [1.82, 2.24) is 24.8 Å². The zero-order valence-electron chi connectivity index (χ0n) is 19.1. The zero-order valence-corrected chi connectivity index (χ0v) is 20.7. The second-order valence-electron chi connectivity index (χ2n) is 7.80. The minimum atomic E-state index is -3.66. The van der Waals surface area contributed by atoms with Crippen molar-refractivity contribution in [2.45, 2.75) is 30.8 Å². The molecule has 0 saturated heterocycles. The number of nitrogens with one attached hydrogen (secondary N) is 2. The molecule has 4 aromatic rings. The Kier molecular flexibility index (Phi) is 7.86. The smallest absolute Gasteiger partial charge is 0.407 e. The first-order chi connectivity index (χ1) is 17.3. The normalized spacial score (nSPS) is 11.4. The third kappa shape index (κ3) is 6.40. The van der Waals surface area contributed by atoms with Crippen LogP contribution in [0.3, 0.4) is 0 Å². The second kappa shape index (κ2) is 11.2. The fourth-order valence-electron chi connectivity index (χ4n) is 3.38. The molecule has 13 heteroatoms. The number of halogens is 1. The van der Waals surface area contributed by atoms with E-state index >= 15 is 0 Å². The van der Waals surface area contributed by atoms with Gasteiger partial charge in [0.1, 0.15) is 5.52 Å². The topological polar surface area (TPSA) is 154 Å². The standard InChI is InChI=1S/C23H24ClN7O4S/c24-22-28-20(25)19-21(29-22)31(15-27-19)12-4-5-13-35-23(32)26-14-16-8-10-17(11-9-16)30-36(33,34)18-6-2-1-3-7-18/h1-3,6-11,15,30H,4-5,12-14H2,(H,26,32)(H2,25,28,29). The highest BCUT2D eigenvalue weighted by Gasteiger charge is 2.13. The van der Waals surface area contributed by atoms with Crippen molar-refractivity contribution in [3.05, 3.63) is 71.8 Å². The number of imidazole rings is 1. The highest BCUT2D eigenvalue weighted by molar-refractivity contribution is 7.92. The van der Waals surface area contributed by atoms with Crippen molar-refractivity contribution in [2.75, 3.05) is 17.1 Å². The third-order valence-electron chi connectivity index (χ3n) is 5.19. The molecule has 0 unspecified atom stereocenters. The lowest BCUT2D eigenvalue weighted by atomic mass is 10.2. The summed E-state index contributed by atoms with van der Waals surface area (Å²) in [4.78, 5) is 24.4. The van der Waals surface area contributed by atoms with Crippen molar-refractivity contribution in [3.63, 3.8) is 0 Å². The molecule has 0 bridgehead atoms. The average Bonchev–Trinajstić information content (AvgIpc) is 3.27. The molecule has 1 amide bonds. The molecule has 2 aromatic heterocycles. The van der Waals surface area contributed by atoms with Crippen LogP contribution in [0.15, 0.2) is 65.8 Å². The van der Waals surface area contributed by atoms with Gasteiger partial charge in [0.25, 0.3) is 10.0 Å². The van der Waals surface area contributed by atoms with Crippen molar-refractivity contribution in [3.8, 4) is 0 Å². The Hall–Kier alpha value is -3.90. The lowest BCUT2D eigenvalue weighted by molar-refractivity contribution is 0.143. The van der Waals surface area contributed by atoms with Crippen molar-refractivity contribution < 1.29 is 17.9 Å². The van der Waals surface area contributed by atoms with Crippen LogP contribution in [0.2, 0.25) is 5.28 Å². The highest BCUT2D eigenvalue weighted by atomic mass is 35.5. The van der Waals surface area contributed by atoms with Crippen molar-refractivity contribution in [1.29, 1.82) is 0 Å². The first kappa shape index (κ1) is 25.2. The number of alkyl carbamates (subject to hydrolysis) is 1. The summed E-state index contributed by atoms with van der Waals surface area (Å²) in [6.45, 7) is 1.10. The van der Waals surface area contributed by atoms with E-state index < -0.39 is 16.1 Å². The van der Waals surface area contributed by atoms with Gasteiger partial charge in [-0.25, -0.2) is 18.2 Å². The molecule has 4 N–H and O–H groups in total. The number of aryl methyl sites for hydroxylation is 1. The largest absolute Gasteiger partial charge is 0.450 e. The Balaban J connectivity index is 1.17. The molecule has 0 atom stereocenters. The van der Waals surface area contributed by atoms with E-state index in [2.05, 4.69) is 25.0 Å². The van der Waals surface area contributed by atoms with Gasteiger partial charge in [-0.15, -0.1) is 0 Å². The van der Waals surface area contributed by atoms with Crippen LogP contribution in [-0.4, -0.2) is 40.6 Å². The summed E-state index contributed by atoms with van der Waals surface area (Å²) in [6, 6.07) is 14.8. The number of aromatic nitrogens is 4. The number of nitrogens with zero attached hydrogens (tertiary/aromatic N) is 4. The number of nitrogen functional groups attached to an aromatic ring is 1. The summed E-state index contributed by atoms with van der Waals surface area (Å²) in [7, 11) is -3.66. The Morgan fingerprint density at radius 1 is 1.06 bits per heavy atom. The predicted molar refractivity (Wildman–Crippen MR) is 136 cm³/mol. The number of carbonyl (C=O) groups is 1. The molecule has 11 nitrogen and oxygen atoms in total. The molecule has 188 valence electrons. The molecule has 0 aliphatic carbocycles. The van der Waals surface area contributed by atoms with Crippen LogP contribution >= 0.6 is 11.6 Å². The Labute approximate surface area is 212 Å². The molecule has 2 heterocycles. The van der Waals surface area contributed by atoms with Gasteiger partial charge in [0.2, 0.25) is 5.28 Å². The van der Waals surface area contributed by atoms with E-state index in [1.165, 1.54) is 12.1 Å². The molecular formula is C23H24ClN7O4S. The number of unbranched alkanes of at least 4 members (excludes halogenated alkanes) is 1. The minimum Gasteiger partial charge on any atom is -0.450 e. The molecule has 0 aliphatic heterocycles. The van der Waals surface area contributed by atoms with Gasteiger partial charge < -0.3 is 20.4 Å². The lowest BCUT2D eigenvalue weighted by Crippen LogP contribution is -2.24. The molecular weight excluding hydrogens is 506 g/mol. The third-order valence-corrected chi connectivity index (χ3v) is 6.75. The van der Waals surface area contributed by atoms with Crippen LogP contribution in [-0.2, 0) is 27.8 Å². The molecule has 0 saturated carbocycles. The number of benzene rings is 2. The molecule has 0 radical (unpaired) electrons. The molecule has 36 heavy (non-hydrogen) atoms. The maximum absolute atomic E-state index is 12.4. The number of anilines is 2. The molecule has 4 rings (SSSR count). The van der Waals surface area contributed by atoms with Gasteiger partial charge in [-0.05, 0) is 54.3 Å². The van der Waals surface area contributed by atoms with Gasteiger partial charge in [-0.2, -0.15) is 9.97 Å². The fraction of sp³-hybridized carbons (Fsp3) is 0.217. The number of nitrogens with two attached hydrogens (primary N) is 1. The van der Waals surface area contributed by atoms with Crippen LogP contribution in [0.4, 0.5) is 16.3 Å². The summed E-state index contributed by atoms with van der Waals surface area (Å²) in [5.41, 5.74) is 8.07. The maximum Gasteiger partial charge on any atom is 0.407 e. The summed E-state index contributed by atoms with van der Waals surface area (Å²) >= 11 is 5.87. The van der Waals surface area contributed by atoms with E-state index in [-0.39, 0.29) is 29.1 Å². The van der Waals surface area contributed by atoms with Crippen molar-refractivity contribution >= 4 is 50.4 Å². The number of amides is 1. The first-order valence-electron chi connectivity index (χ1n) is 11.0. The van der Waals surface area contributed by atoms with E-state index in [1.54, 1.807) is 48.8 Å². The second-order valence-corrected chi connectivity index (χ2v) is 9.82. The summed E-state index contributed by atoms with van der Waals surface area (Å²) in [5, 5.41) is 2.73. The molecule has 0 aliphatic rings. The summed E-state index contributed by atoms with van der Waals surface area (Å²) in [5.74, 6) is 0.229. The Morgan fingerprint density at radius 3 is 2.56 bits per heavy atom. The lowest BCUT2D eigenvalue weighted by Gasteiger charge is -2.10. The van der Waals surface area contributed by atoms with Gasteiger partial charge >= 0.3 is 6.09 Å². The Morgan fingerprint density at radius 2 is 1.81 bits per heavy atom. The van der Waals surface area contributed by atoms with Crippen LogP contribution in [0.1, 0.15) is 18.4 Å². The number of hydrogen-bond donors (Lipinski definition) is 3. The quantitative estimate of drug-likeness (QED) is 0.208. The molecule has 2 aromatic carbocycles. The monoisotopic (exact) mass is 529 g/mol. The zero-order chi connectivity index (χ0) is 25.5. The number of fused-ring (bicyclic) bond motifs is 1. The predicted octanol–water partition coefficient (Wildman–Crippen LogP) is 3.57. The van der Waals surface area contributed by atoms with Gasteiger partial charge in [-0.1, -0.05) is 30.3 Å². The van der Waals surface area contributed by atoms with Gasteiger partial charge in [0.05, 0.1) is 17.8 Å². The van der Waals surface area contributed by atoms with E-state index in [0.717, 1.165) is 12.0 Å². The average molecular weight is 530 g/mol. The SMILES string of the molecule is Nc1nc(Cl)nc2c1ncn2CCCCOC(=O)NCc1ccc(NS(=O)(=O)c2ccccc2)cc1. The van der Waals surface area contributed by atoms with E-state index in [9.17, 15) is 13.2 Å². The first-order valence-corrected chi connectivity index (χ1v) is 12.9. The van der Waals surface area contributed by atoms with Crippen LogP contribution in [0.25, 0.3) is 11.2 Å². The molecule has 0 fully saturated rings. The summed E-state index contributed by atoms with van der Waals surface area (Å²) < 4.78 is 34.4. The maximum atomic E-state index is 12.4. The fourth-order valence-corrected chi connectivity index (χ4v) is 4.63. The van der Waals surface area contributed by atoms with Gasteiger partial charge in [-0.3, -0.25) is 4.72 Å². The molecule has 0 spiro atoms. The van der Waals surface area contributed by atoms with Gasteiger partial charge in [0.15, 0.2) is 11.5 Å². The van der Waals surface area contributed by atoms with Crippen LogP contribution in [0, 0.1) is 0 Å². The number of ether oxygens (including phenoxy) is 1. The van der Waals surface area contributed by atoms with Crippen LogP contribution < -0.4 is 15.8 Å². The highest BCUT2D eigenvalue weighted by Crippen LogP contribution is 2.19. The number of carbonyl (C=O) groups excluding carboxylic acids is 1. The number of hydrogen-bond acceptors (Lipinski definition) is 8. The Bertz CT molecular complexity index is 1440. The van der Waals surface area contributed by atoms with E-state index in [1.807, 2.05) is 4.57 Å². The van der Waals surface area contributed by atoms with E-state index in [0.29, 0.717) is 29.8 Å². The minimum absolute atomic E-state index is 0.0601.